The van der Waals surface area contributed by atoms with Crippen LogP contribution in [0.15, 0.2) is 35.2 Å². The van der Waals surface area contributed by atoms with Gasteiger partial charge in [-0.2, -0.15) is 0 Å². The van der Waals surface area contributed by atoms with Crippen molar-refractivity contribution in [3.05, 3.63) is 45.4 Å². The molecule has 0 aromatic heterocycles. The predicted octanol–water partition coefficient (Wildman–Crippen LogP) is 4.29. The Morgan fingerprint density at radius 3 is 2.31 bits per heavy atom. The second-order valence-corrected chi connectivity index (χ2v) is 9.03. The number of nitrogens with one attached hydrogen (secondary N) is 3. The first-order valence-corrected chi connectivity index (χ1v) is 11.1. The van der Waals surface area contributed by atoms with Crippen molar-refractivity contribution in [1.82, 2.24) is 9.84 Å². The molecule has 0 atom stereocenters. The monoisotopic (exact) mass is 478 g/mol. The van der Waals surface area contributed by atoms with Crippen molar-refractivity contribution >= 4 is 62.2 Å². The van der Waals surface area contributed by atoms with Crippen LogP contribution in [0.25, 0.3) is 0 Å². The van der Waals surface area contributed by atoms with Crippen LogP contribution in [-0.4, -0.2) is 37.7 Å². The molecular formula is C17H17Cl3N4O4S. The lowest BCUT2D eigenvalue weighted by Crippen LogP contribution is -2.40. The van der Waals surface area contributed by atoms with Crippen LogP contribution < -0.4 is 15.5 Å². The molecule has 3 rings (SSSR count). The molecule has 0 radical (unpaired) electrons. The second kappa shape index (κ2) is 8.95. The van der Waals surface area contributed by atoms with Crippen molar-refractivity contribution in [3.63, 3.8) is 0 Å². The molecule has 1 aliphatic rings. The molecule has 0 aliphatic carbocycles. The van der Waals surface area contributed by atoms with Gasteiger partial charge in [-0.15, -0.1) is 4.83 Å². The van der Waals surface area contributed by atoms with Gasteiger partial charge < -0.3 is 15.7 Å². The number of nitrogens with zero attached hydrogens (tertiary/aromatic N) is 1. The summed E-state index contributed by atoms with van der Waals surface area (Å²) < 4.78 is 25.4. The van der Waals surface area contributed by atoms with Crippen LogP contribution in [0.4, 0.5) is 16.2 Å². The first-order valence-electron chi connectivity index (χ1n) is 8.50. The highest BCUT2D eigenvalue weighted by molar-refractivity contribution is 7.89. The third-order valence-electron chi connectivity index (χ3n) is 4.16. The van der Waals surface area contributed by atoms with Crippen molar-refractivity contribution in [3.8, 4) is 5.75 Å². The normalized spacial score (nSPS) is 14.7. The van der Waals surface area contributed by atoms with Gasteiger partial charge in [-0.1, -0.05) is 40.9 Å². The van der Waals surface area contributed by atoms with Crippen LogP contribution in [0.5, 0.6) is 5.75 Å². The van der Waals surface area contributed by atoms with E-state index in [9.17, 15) is 18.3 Å². The molecule has 1 heterocycles. The number of urea groups is 1. The quantitative estimate of drug-likeness (QED) is 0.478. The number of carbonyl (C=O) groups is 1. The minimum absolute atomic E-state index is 0.141. The predicted molar refractivity (Wildman–Crippen MR) is 113 cm³/mol. The summed E-state index contributed by atoms with van der Waals surface area (Å²) in [7, 11) is -4.15. The van der Waals surface area contributed by atoms with Gasteiger partial charge in [-0.25, -0.2) is 18.2 Å². The Morgan fingerprint density at radius 1 is 0.966 bits per heavy atom. The Labute approximate surface area is 182 Å². The van der Waals surface area contributed by atoms with Gasteiger partial charge in [0.1, 0.15) is 4.90 Å². The molecular weight excluding hydrogens is 463 g/mol. The van der Waals surface area contributed by atoms with Crippen LogP contribution in [0, 0.1) is 0 Å². The smallest absolute Gasteiger partial charge is 0.323 e. The molecule has 156 valence electrons. The number of phenols is 1. The Morgan fingerprint density at radius 2 is 1.62 bits per heavy atom. The highest BCUT2D eigenvalue weighted by atomic mass is 35.5. The van der Waals surface area contributed by atoms with Crippen molar-refractivity contribution in [2.24, 2.45) is 0 Å². The number of carbonyl (C=O) groups excluding carboxylic acids is 1. The van der Waals surface area contributed by atoms with Crippen LogP contribution in [0.2, 0.25) is 15.1 Å². The Bertz CT molecular complexity index is 1040. The zero-order valence-corrected chi connectivity index (χ0v) is 18.0. The van der Waals surface area contributed by atoms with E-state index < -0.39 is 26.7 Å². The summed E-state index contributed by atoms with van der Waals surface area (Å²) in [6.07, 6.45) is 1.71. The van der Waals surface area contributed by atoms with Gasteiger partial charge >= 0.3 is 6.03 Å². The van der Waals surface area contributed by atoms with E-state index in [4.69, 9.17) is 34.8 Å². The fourth-order valence-corrected chi connectivity index (χ4v) is 4.91. The van der Waals surface area contributed by atoms with Crippen molar-refractivity contribution in [2.45, 2.75) is 17.7 Å². The lowest BCUT2D eigenvalue weighted by molar-refractivity contribution is 0.262. The Kier molecular flexibility index (Phi) is 6.77. The number of sulfonamides is 1. The number of benzene rings is 2. The number of hydrogen-bond donors (Lipinski definition) is 4. The molecule has 0 spiro atoms. The molecule has 0 unspecified atom stereocenters. The number of hydrogen-bond acceptors (Lipinski definition) is 5. The summed E-state index contributed by atoms with van der Waals surface area (Å²) >= 11 is 17.9. The summed E-state index contributed by atoms with van der Waals surface area (Å²) in [6, 6.07) is 6.47. The summed E-state index contributed by atoms with van der Waals surface area (Å²) in [5.74, 6) is -0.684. The first kappa shape index (κ1) is 21.9. The number of rotatable bonds is 5. The van der Waals surface area contributed by atoms with E-state index in [0.717, 1.165) is 12.8 Å². The standard InChI is InChI=1S/C17H17Cl3N4O4S/c18-10-4-3-5-12(14(10)20)21-17(26)22-13-7-6-11(19)16(15(13)25)29(27,28)23-24-8-1-2-9-24/h3-7,23,25H,1-2,8-9H2,(H2,21,22,26). The Hall–Kier alpha value is -1.75. The van der Waals surface area contributed by atoms with Gasteiger partial charge in [0.15, 0.2) is 5.75 Å². The number of hydrazine groups is 1. The highest BCUT2D eigenvalue weighted by Crippen LogP contribution is 2.37. The molecule has 4 N–H and O–H groups in total. The third kappa shape index (κ3) is 5.06. The molecule has 8 nitrogen and oxygen atoms in total. The van der Waals surface area contributed by atoms with Gasteiger partial charge in [0.2, 0.25) is 0 Å². The van der Waals surface area contributed by atoms with Crippen molar-refractivity contribution in [2.75, 3.05) is 23.7 Å². The SMILES string of the molecule is O=C(Nc1ccc(Cl)c(S(=O)(=O)NN2CCCC2)c1O)Nc1cccc(Cl)c1Cl. The second-order valence-electron chi connectivity index (χ2n) is 6.24. The third-order valence-corrected chi connectivity index (χ3v) is 6.85. The van der Waals surface area contributed by atoms with Crippen molar-refractivity contribution in [1.29, 1.82) is 0 Å². The van der Waals surface area contributed by atoms with Gasteiger partial charge in [0.25, 0.3) is 10.0 Å². The number of aromatic hydroxyl groups is 1. The maximum atomic E-state index is 12.7. The molecule has 1 saturated heterocycles. The van der Waals surface area contributed by atoms with E-state index in [1.54, 1.807) is 12.1 Å². The molecule has 0 bridgehead atoms. The number of anilines is 2. The average molecular weight is 480 g/mol. The van der Waals surface area contributed by atoms with Crippen LogP contribution >= 0.6 is 34.8 Å². The van der Waals surface area contributed by atoms with Gasteiger partial charge in [-0.3, -0.25) is 0 Å². The van der Waals surface area contributed by atoms with Gasteiger partial charge in [-0.05, 0) is 37.1 Å². The Balaban J connectivity index is 1.82. The molecule has 12 heteroatoms. The zero-order valence-electron chi connectivity index (χ0n) is 14.9. The molecule has 1 fully saturated rings. The number of phenolic OH excluding ortho intramolecular Hbond substituents is 1. The van der Waals surface area contributed by atoms with Crippen LogP contribution in [0.1, 0.15) is 12.8 Å². The van der Waals surface area contributed by atoms with Crippen LogP contribution in [-0.2, 0) is 10.0 Å². The van der Waals surface area contributed by atoms with Crippen molar-refractivity contribution < 1.29 is 18.3 Å². The number of amides is 2. The molecule has 29 heavy (non-hydrogen) atoms. The van der Waals surface area contributed by atoms with E-state index in [0.29, 0.717) is 13.1 Å². The van der Waals surface area contributed by atoms with E-state index in [1.165, 1.54) is 23.2 Å². The highest BCUT2D eigenvalue weighted by Gasteiger charge is 2.28. The van der Waals surface area contributed by atoms with Gasteiger partial charge in [0.05, 0.1) is 26.4 Å². The zero-order chi connectivity index (χ0) is 21.2. The van der Waals surface area contributed by atoms with Crippen LogP contribution in [0.3, 0.4) is 0 Å². The van der Waals surface area contributed by atoms with E-state index in [-0.39, 0.29) is 26.4 Å². The fourth-order valence-electron chi connectivity index (χ4n) is 2.80. The topological polar surface area (TPSA) is 111 Å². The van der Waals surface area contributed by atoms with E-state index in [1.807, 2.05) is 0 Å². The largest absolute Gasteiger partial charge is 0.504 e. The minimum Gasteiger partial charge on any atom is -0.504 e. The summed E-state index contributed by atoms with van der Waals surface area (Å²) in [6.45, 7) is 1.11. The summed E-state index contributed by atoms with van der Waals surface area (Å²) in [5.41, 5.74) is 0.0977. The lowest BCUT2D eigenvalue weighted by Gasteiger charge is -2.19. The maximum Gasteiger partial charge on any atom is 0.323 e. The average Bonchev–Trinajstić information content (AvgIpc) is 3.13. The molecule has 2 aromatic rings. The summed E-state index contributed by atoms with van der Waals surface area (Å²) in [4.78, 5) is 14.1. The maximum absolute atomic E-state index is 12.7. The first-order chi connectivity index (χ1) is 13.7. The minimum atomic E-state index is -4.15. The van der Waals surface area contributed by atoms with Gasteiger partial charge in [0, 0.05) is 13.1 Å². The van der Waals surface area contributed by atoms with E-state index >= 15 is 0 Å². The summed E-state index contributed by atoms with van der Waals surface area (Å²) in [5, 5.41) is 17.1. The van der Waals surface area contributed by atoms with E-state index in [2.05, 4.69) is 15.5 Å². The molecule has 2 aromatic carbocycles. The fraction of sp³-hybridized carbons (Fsp3) is 0.235. The lowest BCUT2D eigenvalue weighted by atomic mass is 10.3. The molecule has 1 aliphatic heterocycles. The molecule has 0 saturated carbocycles. The number of halogens is 3. The molecule has 2 amide bonds.